The fourth-order valence-corrected chi connectivity index (χ4v) is 1.93. The molecule has 1 atom stereocenters. The van der Waals surface area contributed by atoms with Crippen LogP contribution in [-0.4, -0.2) is 18.0 Å². The Morgan fingerprint density at radius 3 is 2.29 bits per heavy atom. The second kappa shape index (κ2) is 7.35. The maximum atomic E-state index is 13.6. The van der Waals surface area contributed by atoms with Gasteiger partial charge in [-0.3, -0.25) is 4.79 Å². The molecular weight excluding hydrogens is 347 g/mol. The second-order valence-corrected chi connectivity index (χ2v) is 5.19. The Bertz CT molecular complexity index is 778. The molecule has 4 nitrogen and oxygen atoms in total. The number of nitrogens with one attached hydrogen (secondary N) is 1. The van der Waals surface area contributed by atoms with Crippen molar-refractivity contribution in [1.82, 2.24) is 0 Å². The van der Waals surface area contributed by atoms with Gasteiger partial charge >= 0.3 is 5.97 Å². The molecule has 1 N–H and O–H groups in total. The van der Waals surface area contributed by atoms with Crippen LogP contribution in [0.5, 0.6) is 0 Å². The number of hydrogen-bond acceptors (Lipinski definition) is 3. The summed E-state index contributed by atoms with van der Waals surface area (Å²) in [6.07, 6.45) is -1.41. The van der Waals surface area contributed by atoms with E-state index in [0.717, 1.165) is 30.3 Å². The molecule has 1 amide bonds. The van der Waals surface area contributed by atoms with Crippen molar-refractivity contribution in [1.29, 1.82) is 0 Å². The van der Waals surface area contributed by atoms with E-state index in [9.17, 15) is 22.8 Å². The zero-order chi connectivity index (χ0) is 17.9. The molecular formula is C16H11ClF3NO3. The average Bonchev–Trinajstić information content (AvgIpc) is 2.50. The van der Waals surface area contributed by atoms with Crippen molar-refractivity contribution in [2.24, 2.45) is 0 Å². The summed E-state index contributed by atoms with van der Waals surface area (Å²) in [6, 6.07) is 6.34. The van der Waals surface area contributed by atoms with Crippen LogP contribution < -0.4 is 5.32 Å². The monoisotopic (exact) mass is 357 g/mol. The van der Waals surface area contributed by atoms with Gasteiger partial charge in [-0.25, -0.2) is 18.0 Å². The lowest BCUT2D eigenvalue weighted by molar-refractivity contribution is -0.123. The number of ether oxygens (including phenoxy) is 1. The van der Waals surface area contributed by atoms with Crippen molar-refractivity contribution in [3.63, 3.8) is 0 Å². The zero-order valence-electron chi connectivity index (χ0n) is 12.3. The molecule has 2 rings (SSSR count). The molecule has 0 spiro atoms. The minimum atomic E-state index is -1.41. The Morgan fingerprint density at radius 2 is 1.71 bits per heavy atom. The number of esters is 1. The number of anilines is 1. The molecule has 0 aliphatic carbocycles. The summed E-state index contributed by atoms with van der Waals surface area (Å²) in [5.41, 5.74) is -1.08. The molecule has 2 aromatic carbocycles. The number of para-hydroxylation sites is 1. The van der Waals surface area contributed by atoms with Crippen LogP contribution in [0, 0.1) is 17.5 Å². The summed E-state index contributed by atoms with van der Waals surface area (Å²) in [7, 11) is 0. The van der Waals surface area contributed by atoms with Gasteiger partial charge in [-0.2, -0.15) is 0 Å². The first-order chi connectivity index (χ1) is 11.3. The van der Waals surface area contributed by atoms with Crippen molar-refractivity contribution in [2.75, 3.05) is 5.32 Å². The number of amides is 1. The molecule has 0 saturated heterocycles. The van der Waals surface area contributed by atoms with Gasteiger partial charge in [0, 0.05) is 5.02 Å². The van der Waals surface area contributed by atoms with Gasteiger partial charge in [0.25, 0.3) is 5.91 Å². The van der Waals surface area contributed by atoms with Gasteiger partial charge < -0.3 is 10.1 Å². The molecule has 0 aliphatic rings. The highest BCUT2D eigenvalue weighted by molar-refractivity contribution is 6.30. The van der Waals surface area contributed by atoms with E-state index in [-0.39, 0.29) is 5.02 Å². The predicted octanol–water partition coefficient (Wildman–Crippen LogP) is 3.94. The molecule has 0 unspecified atom stereocenters. The molecule has 0 aliphatic heterocycles. The molecule has 24 heavy (non-hydrogen) atoms. The van der Waals surface area contributed by atoms with E-state index in [4.69, 9.17) is 16.3 Å². The fourth-order valence-electron chi connectivity index (χ4n) is 1.77. The largest absolute Gasteiger partial charge is 0.449 e. The van der Waals surface area contributed by atoms with Gasteiger partial charge in [-0.15, -0.1) is 0 Å². The molecule has 0 radical (unpaired) electrons. The smallest absolute Gasteiger partial charge is 0.341 e. The third-order valence-corrected chi connectivity index (χ3v) is 3.25. The topological polar surface area (TPSA) is 55.4 Å². The SMILES string of the molecule is C[C@H](OC(=O)c1ccc(Cl)cc1F)C(=O)Nc1c(F)cccc1F. The summed E-state index contributed by atoms with van der Waals surface area (Å²) >= 11 is 5.57. The summed E-state index contributed by atoms with van der Waals surface area (Å²) in [4.78, 5) is 23.7. The number of benzene rings is 2. The van der Waals surface area contributed by atoms with Gasteiger partial charge in [-0.1, -0.05) is 17.7 Å². The number of halogens is 4. The highest BCUT2D eigenvalue weighted by Gasteiger charge is 2.23. The number of hydrogen-bond donors (Lipinski definition) is 1. The van der Waals surface area contributed by atoms with Gasteiger partial charge in [0.1, 0.15) is 23.1 Å². The van der Waals surface area contributed by atoms with E-state index < -0.39 is 46.7 Å². The van der Waals surface area contributed by atoms with Crippen molar-refractivity contribution in [3.05, 3.63) is 64.4 Å². The normalized spacial score (nSPS) is 11.7. The lowest BCUT2D eigenvalue weighted by Gasteiger charge is -2.14. The van der Waals surface area contributed by atoms with E-state index in [0.29, 0.717) is 0 Å². The van der Waals surface area contributed by atoms with E-state index in [2.05, 4.69) is 0 Å². The standard InChI is InChI=1S/C16H11ClF3NO3/c1-8(15(22)21-14-11(18)3-2-4-12(14)19)24-16(23)10-6-5-9(17)7-13(10)20/h2-8H,1H3,(H,21,22)/t8-/m0/s1. The average molecular weight is 358 g/mol. The minimum absolute atomic E-state index is 0.0878. The molecule has 0 bridgehead atoms. The van der Waals surface area contributed by atoms with E-state index in [1.165, 1.54) is 13.0 Å². The summed E-state index contributed by atoms with van der Waals surface area (Å²) in [5, 5.41) is 2.07. The van der Waals surface area contributed by atoms with Crippen LogP contribution in [0.1, 0.15) is 17.3 Å². The van der Waals surface area contributed by atoms with Crippen LogP contribution in [0.3, 0.4) is 0 Å². The number of carbonyl (C=O) groups is 2. The van der Waals surface area contributed by atoms with Crippen LogP contribution in [0.25, 0.3) is 0 Å². The highest BCUT2D eigenvalue weighted by Crippen LogP contribution is 2.19. The molecule has 0 fully saturated rings. The Labute approximate surface area is 140 Å². The van der Waals surface area contributed by atoms with Crippen LogP contribution in [0.2, 0.25) is 5.02 Å². The summed E-state index contributed by atoms with van der Waals surface area (Å²) in [6.45, 7) is 1.18. The van der Waals surface area contributed by atoms with Crippen LogP contribution >= 0.6 is 11.6 Å². The maximum absolute atomic E-state index is 13.6. The molecule has 0 heterocycles. The first-order valence-electron chi connectivity index (χ1n) is 6.70. The van der Waals surface area contributed by atoms with Crippen LogP contribution in [0.4, 0.5) is 18.9 Å². The molecule has 0 saturated carbocycles. The van der Waals surface area contributed by atoms with Crippen molar-refractivity contribution in [3.8, 4) is 0 Å². The van der Waals surface area contributed by atoms with E-state index >= 15 is 0 Å². The van der Waals surface area contributed by atoms with Crippen molar-refractivity contribution < 1.29 is 27.5 Å². The Morgan fingerprint density at radius 1 is 1.08 bits per heavy atom. The third-order valence-electron chi connectivity index (χ3n) is 3.02. The molecule has 0 aromatic heterocycles. The number of carbonyl (C=O) groups excluding carboxylic acids is 2. The predicted molar refractivity (Wildman–Crippen MR) is 81.3 cm³/mol. The summed E-state index contributed by atoms with van der Waals surface area (Å²) < 4.78 is 45.3. The minimum Gasteiger partial charge on any atom is -0.449 e. The zero-order valence-corrected chi connectivity index (χ0v) is 13.0. The summed E-state index contributed by atoms with van der Waals surface area (Å²) in [5.74, 6) is -4.96. The molecule has 8 heteroatoms. The Kier molecular flexibility index (Phi) is 5.46. The van der Waals surface area contributed by atoms with Gasteiger partial charge in [0.15, 0.2) is 6.10 Å². The molecule has 126 valence electrons. The fraction of sp³-hybridized carbons (Fsp3) is 0.125. The number of rotatable bonds is 4. The molecule has 2 aromatic rings. The Hall–Kier alpha value is -2.54. The lowest BCUT2D eigenvalue weighted by atomic mass is 10.2. The second-order valence-electron chi connectivity index (χ2n) is 4.76. The highest BCUT2D eigenvalue weighted by atomic mass is 35.5. The van der Waals surface area contributed by atoms with Crippen LogP contribution in [-0.2, 0) is 9.53 Å². The van der Waals surface area contributed by atoms with E-state index in [1.54, 1.807) is 0 Å². The maximum Gasteiger partial charge on any atom is 0.341 e. The van der Waals surface area contributed by atoms with Crippen LogP contribution in [0.15, 0.2) is 36.4 Å². The van der Waals surface area contributed by atoms with Gasteiger partial charge in [0.05, 0.1) is 5.56 Å². The first-order valence-corrected chi connectivity index (χ1v) is 7.08. The quantitative estimate of drug-likeness (QED) is 0.843. The van der Waals surface area contributed by atoms with Crippen molar-refractivity contribution >= 4 is 29.2 Å². The third kappa shape index (κ3) is 4.05. The van der Waals surface area contributed by atoms with Gasteiger partial charge in [-0.05, 0) is 37.3 Å². The first kappa shape index (κ1) is 17.8. The van der Waals surface area contributed by atoms with Gasteiger partial charge in [0.2, 0.25) is 0 Å². The Balaban J connectivity index is 2.07. The lowest BCUT2D eigenvalue weighted by Crippen LogP contribution is -2.30. The van der Waals surface area contributed by atoms with Crippen molar-refractivity contribution in [2.45, 2.75) is 13.0 Å². The van der Waals surface area contributed by atoms with E-state index in [1.807, 2.05) is 5.32 Å².